The second kappa shape index (κ2) is 6.12. The normalized spacial score (nSPS) is 26.7. The number of nitrogen functional groups attached to an aromatic ring is 1. The van der Waals surface area contributed by atoms with Crippen LogP contribution in [-0.2, 0) is 10.0 Å². The highest BCUT2D eigenvalue weighted by molar-refractivity contribution is 7.89. The van der Waals surface area contributed by atoms with Gasteiger partial charge in [-0.2, -0.15) is 0 Å². The van der Waals surface area contributed by atoms with E-state index in [4.69, 9.17) is 17.3 Å². The Kier molecular flexibility index (Phi) is 4.82. The van der Waals surface area contributed by atoms with Gasteiger partial charge in [0.25, 0.3) is 0 Å². The molecule has 0 bridgehead atoms. The fourth-order valence-corrected chi connectivity index (χ4v) is 3.75. The van der Waals surface area contributed by atoms with Crippen LogP contribution < -0.4 is 10.5 Å². The quantitative estimate of drug-likeness (QED) is 0.736. The highest BCUT2D eigenvalue weighted by atomic mass is 35.5. The maximum absolute atomic E-state index is 12.2. The van der Waals surface area contributed by atoms with E-state index in [1.165, 1.54) is 18.2 Å². The van der Waals surface area contributed by atoms with Gasteiger partial charge in [0, 0.05) is 6.54 Å². The number of anilines is 1. The average molecular weight is 333 g/mol. The number of rotatable bonds is 4. The minimum absolute atomic E-state index is 0.0184. The summed E-state index contributed by atoms with van der Waals surface area (Å²) in [6.45, 7) is 2.16. The first-order valence-electron chi connectivity index (χ1n) is 6.99. The van der Waals surface area contributed by atoms with Crippen LogP contribution in [0.3, 0.4) is 0 Å². The van der Waals surface area contributed by atoms with Crippen molar-refractivity contribution in [2.45, 2.75) is 43.1 Å². The van der Waals surface area contributed by atoms with Crippen LogP contribution in [-0.4, -0.2) is 25.7 Å². The predicted octanol–water partition coefficient (Wildman–Crippen LogP) is 2.14. The summed E-state index contributed by atoms with van der Waals surface area (Å²) in [4.78, 5) is 0.0529. The number of nitrogens with two attached hydrogens (primary N) is 1. The van der Waals surface area contributed by atoms with E-state index in [0.717, 1.165) is 12.8 Å². The van der Waals surface area contributed by atoms with Crippen LogP contribution in [0.2, 0.25) is 5.02 Å². The molecule has 7 heteroatoms. The molecule has 1 aromatic carbocycles. The lowest BCUT2D eigenvalue weighted by molar-refractivity contribution is -0.00182. The Morgan fingerprint density at radius 1 is 1.43 bits per heavy atom. The lowest BCUT2D eigenvalue weighted by atomic mass is 9.80. The SMILES string of the molecule is CC1CCC(O)(CNS(=O)(=O)c2ccc(Cl)c(N)c2)CC1. The molecule has 0 aliphatic heterocycles. The van der Waals surface area contributed by atoms with Gasteiger partial charge in [0.05, 0.1) is 21.2 Å². The van der Waals surface area contributed by atoms with Gasteiger partial charge in [-0.15, -0.1) is 0 Å². The first kappa shape index (κ1) is 16.5. The van der Waals surface area contributed by atoms with Crippen molar-refractivity contribution in [1.82, 2.24) is 4.72 Å². The van der Waals surface area contributed by atoms with Crippen LogP contribution in [0.25, 0.3) is 0 Å². The third-order valence-electron chi connectivity index (χ3n) is 4.07. The number of hydrogen-bond acceptors (Lipinski definition) is 4. The zero-order valence-corrected chi connectivity index (χ0v) is 13.5. The van der Waals surface area contributed by atoms with Crippen molar-refractivity contribution in [2.75, 3.05) is 12.3 Å². The molecule has 0 unspecified atom stereocenters. The molecule has 118 valence electrons. The average Bonchev–Trinajstić information content (AvgIpc) is 2.43. The van der Waals surface area contributed by atoms with Crippen molar-refractivity contribution in [1.29, 1.82) is 0 Å². The molecule has 4 N–H and O–H groups in total. The summed E-state index contributed by atoms with van der Waals surface area (Å²) in [5.41, 5.74) is 4.88. The fourth-order valence-electron chi connectivity index (χ4n) is 2.48. The zero-order valence-electron chi connectivity index (χ0n) is 12.0. The molecule has 1 aromatic rings. The van der Waals surface area contributed by atoms with E-state index in [-0.39, 0.29) is 17.1 Å². The van der Waals surface area contributed by atoms with Crippen LogP contribution >= 0.6 is 11.6 Å². The molecule has 1 fully saturated rings. The second-order valence-corrected chi connectivity index (χ2v) is 8.09. The van der Waals surface area contributed by atoms with E-state index in [1.807, 2.05) is 0 Å². The number of halogens is 1. The van der Waals surface area contributed by atoms with Crippen molar-refractivity contribution in [2.24, 2.45) is 5.92 Å². The van der Waals surface area contributed by atoms with Gasteiger partial charge < -0.3 is 10.8 Å². The third kappa shape index (κ3) is 4.10. The van der Waals surface area contributed by atoms with Gasteiger partial charge in [0.1, 0.15) is 0 Å². The molecule has 0 radical (unpaired) electrons. The van der Waals surface area contributed by atoms with Crippen LogP contribution in [0.15, 0.2) is 23.1 Å². The molecule has 1 aliphatic carbocycles. The largest absolute Gasteiger partial charge is 0.397 e. The highest BCUT2D eigenvalue weighted by Gasteiger charge is 2.33. The number of hydrogen-bond donors (Lipinski definition) is 3. The molecule has 0 saturated heterocycles. The van der Waals surface area contributed by atoms with Crippen molar-refractivity contribution >= 4 is 27.3 Å². The fraction of sp³-hybridized carbons (Fsp3) is 0.571. The monoisotopic (exact) mass is 332 g/mol. The smallest absolute Gasteiger partial charge is 0.240 e. The van der Waals surface area contributed by atoms with E-state index >= 15 is 0 Å². The summed E-state index contributed by atoms with van der Waals surface area (Å²) in [5.74, 6) is 0.581. The molecule has 1 saturated carbocycles. The van der Waals surface area contributed by atoms with Crippen LogP contribution in [0.5, 0.6) is 0 Å². The summed E-state index contributed by atoms with van der Waals surface area (Å²) in [5, 5.41) is 10.7. The molecular weight excluding hydrogens is 312 g/mol. The van der Waals surface area contributed by atoms with E-state index in [0.29, 0.717) is 23.8 Å². The molecule has 1 aliphatic rings. The van der Waals surface area contributed by atoms with Gasteiger partial charge in [-0.3, -0.25) is 0 Å². The molecule has 2 rings (SSSR count). The number of aliphatic hydroxyl groups is 1. The van der Waals surface area contributed by atoms with Gasteiger partial charge in [0.15, 0.2) is 0 Å². The minimum Gasteiger partial charge on any atom is -0.397 e. The Balaban J connectivity index is 2.06. The van der Waals surface area contributed by atoms with Crippen molar-refractivity contribution in [3.63, 3.8) is 0 Å². The second-order valence-electron chi connectivity index (χ2n) is 5.91. The highest BCUT2D eigenvalue weighted by Crippen LogP contribution is 2.31. The van der Waals surface area contributed by atoms with Gasteiger partial charge in [-0.1, -0.05) is 18.5 Å². The number of nitrogens with one attached hydrogen (secondary N) is 1. The summed E-state index contributed by atoms with van der Waals surface area (Å²) < 4.78 is 26.9. The Labute approximate surface area is 130 Å². The molecule has 5 nitrogen and oxygen atoms in total. The van der Waals surface area contributed by atoms with Crippen molar-refractivity contribution < 1.29 is 13.5 Å². The minimum atomic E-state index is -3.70. The maximum atomic E-state index is 12.2. The predicted molar refractivity (Wildman–Crippen MR) is 83.6 cm³/mol. The standard InChI is InChI=1S/C14H21ClN2O3S/c1-10-4-6-14(18,7-5-10)9-17-21(19,20)11-2-3-12(15)13(16)8-11/h2-3,8,10,17-18H,4-7,9,16H2,1H3. The van der Waals surface area contributed by atoms with E-state index in [1.54, 1.807) is 0 Å². The van der Waals surface area contributed by atoms with Crippen LogP contribution in [0.4, 0.5) is 5.69 Å². The molecule has 0 spiro atoms. The van der Waals surface area contributed by atoms with Gasteiger partial charge >= 0.3 is 0 Å². The Hall–Kier alpha value is -0.820. The Morgan fingerprint density at radius 3 is 2.62 bits per heavy atom. The summed E-state index contributed by atoms with van der Waals surface area (Å²) in [6.07, 6.45) is 3.04. The van der Waals surface area contributed by atoms with Gasteiger partial charge in [-0.05, 0) is 49.8 Å². The first-order chi connectivity index (χ1) is 9.72. The Morgan fingerprint density at radius 2 is 2.05 bits per heavy atom. The third-order valence-corrected chi connectivity index (χ3v) is 5.82. The maximum Gasteiger partial charge on any atom is 0.240 e. The Bertz CT molecular complexity index is 611. The van der Waals surface area contributed by atoms with E-state index < -0.39 is 15.6 Å². The number of benzene rings is 1. The molecule has 0 heterocycles. The lowest BCUT2D eigenvalue weighted by Crippen LogP contribution is -2.45. The van der Waals surface area contributed by atoms with Crippen LogP contribution in [0.1, 0.15) is 32.6 Å². The topological polar surface area (TPSA) is 92.4 Å². The van der Waals surface area contributed by atoms with Gasteiger partial charge in [0.2, 0.25) is 10.0 Å². The molecule has 0 amide bonds. The summed E-state index contributed by atoms with van der Waals surface area (Å²) >= 11 is 5.79. The summed E-state index contributed by atoms with van der Waals surface area (Å²) in [7, 11) is -3.70. The molecule has 0 aromatic heterocycles. The van der Waals surface area contributed by atoms with Crippen molar-refractivity contribution in [3.05, 3.63) is 23.2 Å². The van der Waals surface area contributed by atoms with E-state index in [9.17, 15) is 13.5 Å². The van der Waals surface area contributed by atoms with Gasteiger partial charge in [-0.25, -0.2) is 13.1 Å². The molecule has 21 heavy (non-hydrogen) atoms. The van der Waals surface area contributed by atoms with Crippen molar-refractivity contribution in [3.8, 4) is 0 Å². The summed E-state index contributed by atoms with van der Waals surface area (Å²) in [6, 6.07) is 4.16. The van der Waals surface area contributed by atoms with E-state index in [2.05, 4.69) is 11.6 Å². The molecular formula is C14H21ClN2O3S. The zero-order chi connectivity index (χ0) is 15.7. The number of sulfonamides is 1. The first-order valence-corrected chi connectivity index (χ1v) is 8.85. The molecule has 0 atom stereocenters. The van der Waals surface area contributed by atoms with Crippen LogP contribution in [0, 0.1) is 5.92 Å². The lowest BCUT2D eigenvalue weighted by Gasteiger charge is -2.34.